The number of amides is 2. The first kappa shape index (κ1) is 16.3. The van der Waals surface area contributed by atoms with E-state index < -0.39 is 5.41 Å². The van der Waals surface area contributed by atoms with Crippen molar-refractivity contribution in [3.63, 3.8) is 0 Å². The van der Waals surface area contributed by atoms with Crippen LogP contribution < -0.4 is 5.32 Å². The molecule has 1 aliphatic carbocycles. The van der Waals surface area contributed by atoms with E-state index in [0.717, 1.165) is 18.4 Å². The van der Waals surface area contributed by atoms with E-state index >= 15 is 0 Å². The predicted molar refractivity (Wildman–Crippen MR) is 87.7 cm³/mol. The average molecular weight is 337 g/mol. The van der Waals surface area contributed by atoms with E-state index in [1.165, 1.54) is 5.06 Å². The Hall–Kier alpha value is -1.59. The molecule has 0 atom stereocenters. The van der Waals surface area contributed by atoms with E-state index in [4.69, 9.17) is 16.4 Å². The van der Waals surface area contributed by atoms with Crippen LogP contribution in [0.2, 0.25) is 5.02 Å². The van der Waals surface area contributed by atoms with Crippen LogP contribution in [0.25, 0.3) is 0 Å². The molecule has 1 heterocycles. The normalized spacial score (nSPS) is 21.4. The van der Waals surface area contributed by atoms with Crippen LogP contribution in [-0.4, -0.2) is 23.5 Å². The molecule has 1 aromatic rings. The first-order valence-corrected chi connectivity index (χ1v) is 8.14. The van der Waals surface area contributed by atoms with Crippen LogP contribution in [0.3, 0.4) is 0 Å². The van der Waals surface area contributed by atoms with Gasteiger partial charge in [0.25, 0.3) is 5.91 Å². The summed E-state index contributed by atoms with van der Waals surface area (Å²) in [5, 5.41) is 4.75. The fourth-order valence-electron chi connectivity index (χ4n) is 2.42. The fourth-order valence-corrected chi connectivity index (χ4v) is 2.66. The second-order valence-corrected chi connectivity index (χ2v) is 7.73. The van der Waals surface area contributed by atoms with E-state index in [2.05, 4.69) is 5.32 Å². The van der Waals surface area contributed by atoms with Gasteiger partial charge in [-0.3, -0.25) is 14.4 Å². The first-order chi connectivity index (χ1) is 10.7. The van der Waals surface area contributed by atoms with E-state index in [-0.39, 0.29) is 17.2 Å². The van der Waals surface area contributed by atoms with E-state index in [9.17, 15) is 9.59 Å². The molecular weight excluding hydrogens is 316 g/mol. The molecule has 6 heteroatoms. The Morgan fingerprint density at radius 3 is 2.57 bits per heavy atom. The Bertz CT molecular complexity index is 668. The molecular formula is C17H21ClN2O3. The number of carbonyl (C=O) groups excluding carboxylic acids is 2. The second kappa shape index (κ2) is 5.49. The number of carbonyl (C=O) groups is 2. The summed E-state index contributed by atoms with van der Waals surface area (Å²) in [7, 11) is 0. The topological polar surface area (TPSA) is 58.6 Å². The van der Waals surface area contributed by atoms with Gasteiger partial charge >= 0.3 is 0 Å². The van der Waals surface area contributed by atoms with Gasteiger partial charge in [-0.05, 0) is 44.4 Å². The number of nitrogens with one attached hydrogen (secondary N) is 1. The summed E-state index contributed by atoms with van der Waals surface area (Å²) in [5.74, 6) is -0.0197. The van der Waals surface area contributed by atoms with Gasteiger partial charge in [0.1, 0.15) is 0 Å². The molecule has 1 aromatic carbocycles. The van der Waals surface area contributed by atoms with Gasteiger partial charge in [-0.25, -0.2) is 5.06 Å². The van der Waals surface area contributed by atoms with Crippen molar-refractivity contribution in [2.24, 2.45) is 10.8 Å². The molecule has 23 heavy (non-hydrogen) atoms. The molecule has 0 spiro atoms. The van der Waals surface area contributed by atoms with E-state index in [1.54, 1.807) is 12.1 Å². The lowest BCUT2D eigenvalue weighted by Gasteiger charge is -2.18. The third-order valence-electron chi connectivity index (χ3n) is 4.56. The molecule has 1 N–H and O–H groups in total. The summed E-state index contributed by atoms with van der Waals surface area (Å²) in [5.41, 5.74) is 0.728. The highest BCUT2D eigenvalue weighted by Crippen LogP contribution is 2.45. The molecule has 0 radical (unpaired) electrons. The molecule has 0 unspecified atom stereocenters. The van der Waals surface area contributed by atoms with Gasteiger partial charge in [0.15, 0.2) is 0 Å². The van der Waals surface area contributed by atoms with Crippen molar-refractivity contribution in [1.82, 2.24) is 5.06 Å². The monoisotopic (exact) mass is 336 g/mol. The van der Waals surface area contributed by atoms with Crippen molar-refractivity contribution in [3.05, 3.63) is 28.8 Å². The zero-order valence-electron chi connectivity index (χ0n) is 13.6. The molecule has 2 aliphatic rings. The molecule has 2 amide bonds. The quantitative estimate of drug-likeness (QED) is 0.917. The van der Waals surface area contributed by atoms with Crippen LogP contribution in [0.5, 0.6) is 0 Å². The number of benzene rings is 1. The minimum atomic E-state index is -0.500. The Morgan fingerprint density at radius 2 is 2.04 bits per heavy atom. The summed E-state index contributed by atoms with van der Waals surface area (Å²) in [4.78, 5) is 29.7. The zero-order chi connectivity index (χ0) is 16.8. The standard InChI is InChI=1S/C17H21ClN2O3/c1-16(2)10-23-20(15(16)22)9-11-4-5-12(8-13(11)18)19-14(21)17(3)6-7-17/h4-5,8H,6-7,9-10H2,1-3H3,(H,19,21). The summed E-state index contributed by atoms with van der Waals surface area (Å²) in [6.45, 7) is 6.33. The lowest BCUT2D eigenvalue weighted by molar-refractivity contribution is -0.165. The zero-order valence-corrected chi connectivity index (χ0v) is 14.4. The lowest BCUT2D eigenvalue weighted by atomic mass is 9.95. The summed E-state index contributed by atoms with van der Waals surface area (Å²) < 4.78 is 0. The number of hydroxylamine groups is 2. The van der Waals surface area contributed by atoms with Gasteiger partial charge in [0.2, 0.25) is 5.91 Å². The van der Waals surface area contributed by atoms with Crippen LogP contribution in [0.15, 0.2) is 18.2 Å². The lowest BCUT2D eigenvalue weighted by Crippen LogP contribution is -2.30. The van der Waals surface area contributed by atoms with Crippen molar-refractivity contribution in [2.75, 3.05) is 11.9 Å². The number of halogens is 1. The van der Waals surface area contributed by atoms with Gasteiger partial charge in [-0.15, -0.1) is 0 Å². The Labute approximate surface area is 140 Å². The van der Waals surface area contributed by atoms with Crippen LogP contribution in [0.1, 0.15) is 39.2 Å². The van der Waals surface area contributed by atoms with Gasteiger partial charge in [0.05, 0.1) is 18.6 Å². The summed E-state index contributed by atoms with van der Waals surface area (Å²) in [6.07, 6.45) is 1.85. The smallest absolute Gasteiger partial charge is 0.254 e. The summed E-state index contributed by atoms with van der Waals surface area (Å²) >= 11 is 6.30. The minimum absolute atomic E-state index is 0.0288. The van der Waals surface area contributed by atoms with Crippen LogP contribution >= 0.6 is 11.6 Å². The van der Waals surface area contributed by atoms with Crippen molar-refractivity contribution in [3.8, 4) is 0 Å². The number of anilines is 1. The van der Waals surface area contributed by atoms with Gasteiger partial charge in [0, 0.05) is 16.1 Å². The molecule has 2 fully saturated rings. The maximum atomic E-state index is 12.2. The first-order valence-electron chi connectivity index (χ1n) is 7.76. The van der Waals surface area contributed by atoms with Gasteiger partial charge in [-0.2, -0.15) is 0 Å². The molecule has 1 saturated heterocycles. The maximum Gasteiger partial charge on any atom is 0.254 e. The number of hydrogen-bond acceptors (Lipinski definition) is 3. The van der Waals surface area contributed by atoms with Crippen molar-refractivity contribution in [2.45, 2.75) is 40.2 Å². The summed E-state index contributed by atoms with van der Waals surface area (Å²) in [6, 6.07) is 5.33. The molecule has 0 aromatic heterocycles. The highest BCUT2D eigenvalue weighted by atomic mass is 35.5. The fraction of sp³-hybridized carbons (Fsp3) is 0.529. The average Bonchev–Trinajstić information content (AvgIpc) is 3.18. The maximum absolute atomic E-state index is 12.2. The van der Waals surface area contributed by atoms with Gasteiger partial charge < -0.3 is 5.32 Å². The van der Waals surface area contributed by atoms with Crippen LogP contribution in [-0.2, 0) is 21.0 Å². The molecule has 1 saturated carbocycles. The Balaban J connectivity index is 1.68. The van der Waals surface area contributed by atoms with E-state index in [0.29, 0.717) is 23.9 Å². The van der Waals surface area contributed by atoms with Crippen LogP contribution in [0, 0.1) is 10.8 Å². The highest BCUT2D eigenvalue weighted by Gasteiger charge is 2.45. The number of hydrogen-bond donors (Lipinski definition) is 1. The largest absolute Gasteiger partial charge is 0.326 e. The van der Waals surface area contributed by atoms with Crippen molar-refractivity contribution < 1.29 is 14.4 Å². The predicted octanol–water partition coefficient (Wildman–Crippen LogP) is 3.38. The van der Waals surface area contributed by atoms with E-state index in [1.807, 2.05) is 26.8 Å². The Morgan fingerprint density at radius 1 is 1.35 bits per heavy atom. The second-order valence-electron chi connectivity index (χ2n) is 7.32. The third kappa shape index (κ3) is 3.21. The van der Waals surface area contributed by atoms with Crippen LogP contribution in [0.4, 0.5) is 5.69 Å². The minimum Gasteiger partial charge on any atom is -0.326 e. The number of nitrogens with zero attached hydrogens (tertiary/aromatic N) is 1. The van der Waals surface area contributed by atoms with Gasteiger partial charge in [-0.1, -0.05) is 24.6 Å². The molecule has 5 nitrogen and oxygen atoms in total. The third-order valence-corrected chi connectivity index (χ3v) is 4.91. The van der Waals surface area contributed by atoms with Crippen molar-refractivity contribution in [1.29, 1.82) is 0 Å². The SMILES string of the molecule is CC1(C)CON(Cc2ccc(NC(=O)C3(C)CC3)cc2Cl)C1=O. The van der Waals surface area contributed by atoms with Crippen molar-refractivity contribution >= 4 is 29.1 Å². The Kier molecular flexibility index (Phi) is 3.89. The molecule has 124 valence electrons. The molecule has 0 bridgehead atoms. The molecule has 1 aliphatic heterocycles. The molecule has 3 rings (SSSR count). The highest BCUT2D eigenvalue weighted by molar-refractivity contribution is 6.31. The number of rotatable bonds is 4.